The van der Waals surface area contributed by atoms with Crippen LogP contribution < -0.4 is 16.0 Å². The number of carbonyl (C=O) groups is 1. The molecule has 1 amide bonds. The Bertz CT molecular complexity index is 573. The van der Waals surface area contributed by atoms with Gasteiger partial charge in [0, 0.05) is 10.7 Å². The molecule has 2 aromatic rings. The smallest absolute Gasteiger partial charge is 0.287 e. The highest BCUT2D eigenvalue weighted by Crippen LogP contribution is 2.15. The summed E-state index contributed by atoms with van der Waals surface area (Å²) in [5, 5.41) is 7.45. The summed E-state index contributed by atoms with van der Waals surface area (Å²) in [5.41, 5.74) is 2.14. The van der Waals surface area contributed by atoms with Gasteiger partial charge in [0.15, 0.2) is 5.69 Å². The van der Waals surface area contributed by atoms with Gasteiger partial charge in [-0.05, 0) is 22.0 Å². The van der Waals surface area contributed by atoms with Crippen LogP contribution in [0.3, 0.4) is 0 Å². The fraction of sp³-hybridized carbons (Fsp3) is 0.200. The van der Waals surface area contributed by atoms with Gasteiger partial charge >= 0.3 is 0 Å². The Morgan fingerprint density at radius 2 is 2.37 bits per heavy atom. The van der Waals surface area contributed by atoms with Crippen LogP contribution in [0.2, 0.25) is 0 Å². The van der Waals surface area contributed by atoms with Crippen LogP contribution in [0.5, 0.6) is 5.75 Å². The molecule has 8 nitrogen and oxygen atoms in total. The summed E-state index contributed by atoms with van der Waals surface area (Å²) in [6.45, 7) is 0.836. The summed E-state index contributed by atoms with van der Waals surface area (Å²) in [6.07, 6.45) is 4.77. The maximum atomic E-state index is 11.2. The molecule has 0 spiro atoms. The summed E-state index contributed by atoms with van der Waals surface area (Å²) in [7, 11) is 0. The van der Waals surface area contributed by atoms with Crippen molar-refractivity contribution >= 4 is 21.8 Å². The van der Waals surface area contributed by atoms with E-state index in [9.17, 15) is 4.79 Å². The second kappa shape index (κ2) is 6.25. The number of hydrazine groups is 1. The minimum Gasteiger partial charge on any atom is -0.490 e. The fourth-order valence-corrected chi connectivity index (χ4v) is 1.66. The minimum atomic E-state index is -0.483. The topological polar surface area (TPSA) is 108 Å². The number of nitrogen functional groups attached to an aromatic ring is 1. The predicted molar refractivity (Wildman–Crippen MR) is 69.1 cm³/mol. The lowest BCUT2D eigenvalue weighted by Crippen LogP contribution is -2.30. The normalized spacial score (nSPS) is 10.2. The number of rotatable bonds is 5. The van der Waals surface area contributed by atoms with Gasteiger partial charge in [0.05, 0.1) is 18.9 Å². The minimum absolute atomic E-state index is 0.159. The second-order valence-electron chi connectivity index (χ2n) is 3.53. The molecule has 0 fully saturated rings. The molecule has 2 aromatic heterocycles. The molecule has 3 N–H and O–H groups in total. The molecular weight excluding hydrogens is 316 g/mol. The predicted octanol–water partition coefficient (Wildman–Crippen LogP) is 0.118. The van der Waals surface area contributed by atoms with Gasteiger partial charge in [-0.2, -0.15) is 0 Å². The standard InChI is InChI=1S/C10H11BrN6O2/c11-7-3-8(5-13-4-7)19-2-1-17-6-9(15-16-17)10(18)14-12/h3-6H,1-2,12H2,(H,14,18). The van der Waals surface area contributed by atoms with Crippen LogP contribution >= 0.6 is 15.9 Å². The maximum absolute atomic E-state index is 11.2. The number of nitrogens with one attached hydrogen (secondary N) is 1. The summed E-state index contributed by atoms with van der Waals surface area (Å²) in [4.78, 5) is 15.1. The van der Waals surface area contributed by atoms with Crippen molar-refractivity contribution in [2.75, 3.05) is 6.61 Å². The van der Waals surface area contributed by atoms with E-state index < -0.39 is 5.91 Å². The number of hydrogen-bond acceptors (Lipinski definition) is 6. The molecule has 2 heterocycles. The third-order valence-corrected chi connectivity index (χ3v) is 2.60. The van der Waals surface area contributed by atoms with E-state index in [2.05, 4.69) is 31.2 Å². The number of pyridine rings is 1. The van der Waals surface area contributed by atoms with Crippen LogP contribution in [0.25, 0.3) is 0 Å². The van der Waals surface area contributed by atoms with E-state index >= 15 is 0 Å². The highest BCUT2D eigenvalue weighted by atomic mass is 79.9. The van der Waals surface area contributed by atoms with E-state index in [0.29, 0.717) is 18.9 Å². The highest BCUT2D eigenvalue weighted by Gasteiger charge is 2.08. The SMILES string of the molecule is NNC(=O)c1cn(CCOc2cncc(Br)c2)nn1. The quantitative estimate of drug-likeness (QED) is 0.459. The molecule has 19 heavy (non-hydrogen) atoms. The molecule has 2 rings (SSSR count). The summed E-state index contributed by atoms with van der Waals surface area (Å²) < 4.78 is 7.82. The average Bonchev–Trinajstić information content (AvgIpc) is 2.87. The summed E-state index contributed by atoms with van der Waals surface area (Å²) >= 11 is 3.30. The molecule has 0 radical (unpaired) electrons. The number of nitrogens with zero attached hydrogens (tertiary/aromatic N) is 4. The van der Waals surface area contributed by atoms with Gasteiger partial charge in [0.2, 0.25) is 0 Å². The highest BCUT2D eigenvalue weighted by molar-refractivity contribution is 9.10. The molecular formula is C10H11BrN6O2. The lowest BCUT2D eigenvalue weighted by atomic mass is 10.4. The Labute approximate surface area is 117 Å². The first-order valence-electron chi connectivity index (χ1n) is 5.33. The molecule has 0 aliphatic carbocycles. The van der Waals surface area contributed by atoms with Gasteiger partial charge < -0.3 is 4.74 Å². The first-order chi connectivity index (χ1) is 9.19. The largest absolute Gasteiger partial charge is 0.490 e. The summed E-state index contributed by atoms with van der Waals surface area (Å²) in [6, 6.07) is 1.81. The second-order valence-corrected chi connectivity index (χ2v) is 4.44. The Balaban J connectivity index is 1.86. The van der Waals surface area contributed by atoms with Crippen LogP contribution in [-0.4, -0.2) is 32.5 Å². The number of hydrogen-bond donors (Lipinski definition) is 2. The van der Waals surface area contributed by atoms with Crippen molar-refractivity contribution in [3.8, 4) is 5.75 Å². The molecule has 0 aromatic carbocycles. The van der Waals surface area contributed by atoms with E-state index in [1.54, 1.807) is 12.4 Å². The number of ether oxygens (including phenoxy) is 1. The van der Waals surface area contributed by atoms with Crippen LogP contribution in [0.1, 0.15) is 10.5 Å². The monoisotopic (exact) mass is 326 g/mol. The van der Waals surface area contributed by atoms with E-state index in [0.717, 1.165) is 4.47 Å². The molecule has 0 atom stereocenters. The molecule has 0 aliphatic rings. The first kappa shape index (κ1) is 13.4. The van der Waals surface area contributed by atoms with E-state index in [4.69, 9.17) is 10.6 Å². The molecule has 100 valence electrons. The molecule has 0 saturated carbocycles. The van der Waals surface area contributed by atoms with Gasteiger partial charge in [-0.25, -0.2) is 10.5 Å². The Hall–Kier alpha value is -2.00. The van der Waals surface area contributed by atoms with Gasteiger partial charge in [0.25, 0.3) is 5.91 Å². The van der Waals surface area contributed by atoms with Crippen molar-refractivity contribution in [1.82, 2.24) is 25.4 Å². The van der Waals surface area contributed by atoms with E-state index in [1.807, 2.05) is 11.5 Å². The number of amides is 1. The van der Waals surface area contributed by atoms with Crippen LogP contribution in [0, 0.1) is 0 Å². The zero-order chi connectivity index (χ0) is 13.7. The average molecular weight is 327 g/mol. The van der Waals surface area contributed by atoms with Gasteiger partial charge in [-0.15, -0.1) is 5.10 Å². The first-order valence-corrected chi connectivity index (χ1v) is 6.13. The molecule has 0 saturated heterocycles. The van der Waals surface area contributed by atoms with Crippen molar-refractivity contribution < 1.29 is 9.53 Å². The lowest BCUT2D eigenvalue weighted by molar-refractivity contribution is 0.0948. The number of nitrogens with two attached hydrogens (primary N) is 1. The van der Waals surface area contributed by atoms with Crippen molar-refractivity contribution in [3.05, 3.63) is 34.8 Å². The van der Waals surface area contributed by atoms with Crippen molar-refractivity contribution in [2.24, 2.45) is 5.84 Å². The molecule has 9 heteroatoms. The third-order valence-electron chi connectivity index (χ3n) is 2.17. The van der Waals surface area contributed by atoms with Crippen LogP contribution in [0.15, 0.2) is 29.1 Å². The zero-order valence-corrected chi connectivity index (χ0v) is 11.4. The zero-order valence-electron chi connectivity index (χ0n) is 9.78. The van der Waals surface area contributed by atoms with Crippen LogP contribution in [-0.2, 0) is 6.54 Å². The van der Waals surface area contributed by atoms with Crippen molar-refractivity contribution in [3.63, 3.8) is 0 Å². The number of halogens is 1. The fourth-order valence-electron chi connectivity index (χ4n) is 1.31. The number of carbonyl (C=O) groups excluding carboxylic acids is 1. The Kier molecular flexibility index (Phi) is 4.42. The van der Waals surface area contributed by atoms with E-state index in [-0.39, 0.29) is 5.69 Å². The van der Waals surface area contributed by atoms with E-state index in [1.165, 1.54) is 10.9 Å². The number of aromatic nitrogens is 4. The Morgan fingerprint density at radius 1 is 1.53 bits per heavy atom. The lowest BCUT2D eigenvalue weighted by Gasteiger charge is -2.05. The van der Waals surface area contributed by atoms with Gasteiger partial charge in [0.1, 0.15) is 12.4 Å². The molecule has 0 bridgehead atoms. The molecule has 0 aliphatic heterocycles. The van der Waals surface area contributed by atoms with Crippen molar-refractivity contribution in [2.45, 2.75) is 6.54 Å². The maximum Gasteiger partial charge on any atom is 0.287 e. The third kappa shape index (κ3) is 3.73. The summed E-state index contributed by atoms with van der Waals surface area (Å²) in [5.74, 6) is 5.16. The van der Waals surface area contributed by atoms with Gasteiger partial charge in [-0.1, -0.05) is 5.21 Å². The van der Waals surface area contributed by atoms with Crippen LogP contribution in [0.4, 0.5) is 0 Å². The van der Waals surface area contributed by atoms with Gasteiger partial charge in [-0.3, -0.25) is 15.2 Å². The van der Waals surface area contributed by atoms with Crippen molar-refractivity contribution in [1.29, 1.82) is 0 Å². The Morgan fingerprint density at radius 3 is 3.11 bits per heavy atom. The molecule has 0 unspecified atom stereocenters.